The fraction of sp³-hybridized carbons (Fsp3) is 0.176. The first-order valence-corrected chi connectivity index (χ1v) is 8.03. The molecule has 22 heavy (non-hydrogen) atoms. The van der Waals surface area contributed by atoms with Crippen LogP contribution in [0.3, 0.4) is 0 Å². The van der Waals surface area contributed by atoms with Crippen molar-refractivity contribution in [1.82, 2.24) is 4.31 Å². The average molecular weight is 311 g/mol. The van der Waals surface area contributed by atoms with Crippen LogP contribution in [0.5, 0.6) is 5.75 Å². The lowest BCUT2D eigenvalue weighted by Gasteiger charge is -2.15. The van der Waals surface area contributed by atoms with Crippen molar-refractivity contribution >= 4 is 23.8 Å². The van der Waals surface area contributed by atoms with E-state index in [-0.39, 0.29) is 17.9 Å². The number of carbonyl (C=O) groups is 2. The van der Waals surface area contributed by atoms with Gasteiger partial charge in [0.15, 0.2) is 0 Å². The van der Waals surface area contributed by atoms with E-state index in [1.807, 2.05) is 24.3 Å². The first kappa shape index (κ1) is 13.4. The molecule has 0 bridgehead atoms. The van der Waals surface area contributed by atoms with E-state index in [4.69, 9.17) is 4.74 Å². The normalized spacial score (nSPS) is 19.1. The first-order chi connectivity index (χ1) is 10.7. The molecule has 0 N–H and O–H groups in total. The van der Waals surface area contributed by atoms with Crippen molar-refractivity contribution in [1.29, 1.82) is 0 Å². The number of fused-ring (bicyclic) bond motifs is 2. The summed E-state index contributed by atoms with van der Waals surface area (Å²) in [5, 5.41) is 0. The lowest BCUT2D eigenvalue weighted by atomic mass is 10.1. The third-order valence-electron chi connectivity index (χ3n) is 3.86. The van der Waals surface area contributed by atoms with Crippen LogP contribution in [0.25, 0.3) is 0 Å². The number of rotatable bonds is 3. The molecule has 0 saturated carbocycles. The first-order valence-electron chi connectivity index (χ1n) is 7.09. The van der Waals surface area contributed by atoms with Crippen LogP contribution in [0.1, 0.15) is 26.3 Å². The number of imide groups is 1. The summed E-state index contributed by atoms with van der Waals surface area (Å²) in [4.78, 5) is 24.5. The van der Waals surface area contributed by atoms with Gasteiger partial charge in [-0.05, 0) is 35.7 Å². The minimum Gasteiger partial charge on any atom is -0.489 e. The maximum absolute atomic E-state index is 12.3. The molecule has 0 spiro atoms. The maximum Gasteiger partial charge on any atom is 0.271 e. The molecule has 2 amide bonds. The van der Waals surface area contributed by atoms with E-state index < -0.39 is 0 Å². The number of carbonyl (C=O) groups excluding carboxylic acids is 2. The van der Waals surface area contributed by atoms with Crippen LogP contribution < -0.4 is 4.74 Å². The van der Waals surface area contributed by atoms with Gasteiger partial charge in [-0.3, -0.25) is 9.59 Å². The Labute approximate surface area is 132 Å². The molecule has 0 fully saturated rings. The Bertz CT molecular complexity index is 714. The third-order valence-corrected chi connectivity index (χ3v) is 4.97. The number of hydrogen-bond donors (Lipinski definition) is 0. The van der Waals surface area contributed by atoms with Crippen molar-refractivity contribution in [3.8, 4) is 5.75 Å². The van der Waals surface area contributed by atoms with E-state index in [0.717, 1.165) is 12.2 Å². The Morgan fingerprint density at radius 1 is 1.00 bits per heavy atom. The number of para-hydroxylation sites is 1. The summed E-state index contributed by atoms with van der Waals surface area (Å²) in [6.07, 6.45) is 0.804. The monoisotopic (exact) mass is 311 g/mol. The summed E-state index contributed by atoms with van der Waals surface area (Å²) < 4.78 is 7.09. The van der Waals surface area contributed by atoms with Gasteiger partial charge in [0.25, 0.3) is 11.8 Å². The van der Waals surface area contributed by atoms with Gasteiger partial charge in [0, 0.05) is 6.42 Å². The SMILES string of the molecule is O=C1c2ccccc2C(=O)N1SCC1Cc2ccccc2O1. The van der Waals surface area contributed by atoms with Crippen LogP contribution in [0.15, 0.2) is 48.5 Å². The van der Waals surface area contributed by atoms with Gasteiger partial charge in [0.05, 0.1) is 16.9 Å². The molecule has 4 nitrogen and oxygen atoms in total. The molecule has 2 aromatic carbocycles. The quantitative estimate of drug-likeness (QED) is 0.646. The van der Waals surface area contributed by atoms with Gasteiger partial charge < -0.3 is 4.74 Å². The second-order valence-corrected chi connectivity index (χ2v) is 6.25. The third kappa shape index (κ3) is 2.09. The zero-order chi connectivity index (χ0) is 15.1. The number of ether oxygens (including phenoxy) is 1. The zero-order valence-corrected chi connectivity index (χ0v) is 12.5. The molecule has 0 aliphatic carbocycles. The van der Waals surface area contributed by atoms with Gasteiger partial charge >= 0.3 is 0 Å². The van der Waals surface area contributed by atoms with Crippen LogP contribution in [-0.4, -0.2) is 28.0 Å². The molecular formula is C17H13NO3S. The Kier molecular flexibility index (Phi) is 3.15. The predicted molar refractivity (Wildman–Crippen MR) is 84.0 cm³/mol. The summed E-state index contributed by atoms with van der Waals surface area (Å²) in [6.45, 7) is 0. The van der Waals surface area contributed by atoms with E-state index >= 15 is 0 Å². The number of hydrogen-bond acceptors (Lipinski definition) is 4. The van der Waals surface area contributed by atoms with Crippen LogP contribution in [0.2, 0.25) is 0 Å². The van der Waals surface area contributed by atoms with E-state index in [9.17, 15) is 9.59 Å². The Morgan fingerprint density at radius 2 is 1.64 bits per heavy atom. The van der Waals surface area contributed by atoms with Crippen molar-refractivity contribution in [2.45, 2.75) is 12.5 Å². The fourth-order valence-electron chi connectivity index (χ4n) is 2.79. The van der Waals surface area contributed by atoms with Crippen LogP contribution in [0, 0.1) is 0 Å². The van der Waals surface area contributed by atoms with E-state index in [1.54, 1.807) is 24.3 Å². The van der Waals surface area contributed by atoms with Crippen LogP contribution >= 0.6 is 11.9 Å². The number of amides is 2. The molecule has 1 atom stereocenters. The second kappa shape index (κ2) is 5.18. The summed E-state index contributed by atoms with van der Waals surface area (Å²) in [6, 6.07) is 14.9. The Morgan fingerprint density at radius 3 is 2.32 bits per heavy atom. The highest BCUT2D eigenvalue weighted by atomic mass is 32.2. The average Bonchev–Trinajstić information content (AvgIpc) is 3.06. The molecule has 0 radical (unpaired) electrons. The van der Waals surface area contributed by atoms with Crippen molar-refractivity contribution in [2.75, 3.05) is 5.75 Å². The molecule has 4 rings (SSSR count). The van der Waals surface area contributed by atoms with E-state index in [1.165, 1.54) is 21.8 Å². The topological polar surface area (TPSA) is 46.6 Å². The molecule has 2 aromatic rings. The highest BCUT2D eigenvalue weighted by molar-refractivity contribution is 7.98. The van der Waals surface area contributed by atoms with E-state index in [0.29, 0.717) is 16.9 Å². The number of benzene rings is 2. The molecule has 110 valence electrons. The number of nitrogens with zero attached hydrogens (tertiary/aromatic N) is 1. The predicted octanol–water partition coefficient (Wildman–Crippen LogP) is 2.93. The summed E-state index contributed by atoms with van der Waals surface area (Å²) in [5.41, 5.74) is 2.14. The molecular weight excluding hydrogens is 298 g/mol. The van der Waals surface area contributed by atoms with Gasteiger partial charge in [-0.15, -0.1) is 0 Å². The van der Waals surface area contributed by atoms with Gasteiger partial charge in [-0.25, -0.2) is 4.31 Å². The molecule has 0 aromatic heterocycles. The Balaban J connectivity index is 1.44. The molecule has 2 aliphatic rings. The second-order valence-electron chi connectivity index (χ2n) is 5.30. The summed E-state index contributed by atoms with van der Waals surface area (Å²) >= 11 is 1.23. The van der Waals surface area contributed by atoms with Crippen molar-refractivity contribution in [3.63, 3.8) is 0 Å². The Hall–Kier alpha value is -2.27. The standard InChI is InChI=1S/C17H13NO3S/c19-16-13-6-2-3-7-14(13)17(20)18(16)22-10-12-9-11-5-1-4-8-15(11)21-12/h1-8,12H,9-10H2. The molecule has 5 heteroatoms. The smallest absolute Gasteiger partial charge is 0.271 e. The highest BCUT2D eigenvalue weighted by Gasteiger charge is 2.36. The van der Waals surface area contributed by atoms with E-state index in [2.05, 4.69) is 0 Å². The van der Waals surface area contributed by atoms with Gasteiger partial charge in [-0.1, -0.05) is 30.3 Å². The van der Waals surface area contributed by atoms with Gasteiger partial charge in [0.2, 0.25) is 0 Å². The van der Waals surface area contributed by atoms with Crippen LogP contribution in [-0.2, 0) is 6.42 Å². The molecule has 2 heterocycles. The van der Waals surface area contributed by atoms with Crippen LogP contribution in [0.4, 0.5) is 0 Å². The fourth-order valence-corrected chi connectivity index (χ4v) is 3.72. The van der Waals surface area contributed by atoms with Crippen molar-refractivity contribution < 1.29 is 14.3 Å². The minimum absolute atomic E-state index is 0.00767. The highest BCUT2D eigenvalue weighted by Crippen LogP contribution is 2.33. The summed E-state index contributed by atoms with van der Waals surface area (Å²) in [5.74, 6) is 0.998. The van der Waals surface area contributed by atoms with Gasteiger partial charge in [-0.2, -0.15) is 0 Å². The zero-order valence-electron chi connectivity index (χ0n) is 11.7. The van der Waals surface area contributed by atoms with Gasteiger partial charge in [0.1, 0.15) is 11.9 Å². The minimum atomic E-state index is -0.235. The molecule has 1 unspecified atom stereocenters. The summed E-state index contributed by atoms with van der Waals surface area (Å²) in [7, 11) is 0. The molecule has 2 aliphatic heterocycles. The lowest BCUT2D eigenvalue weighted by molar-refractivity contribution is 0.0776. The largest absolute Gasteiger partial charge is 0.489 e. The lowest BCUT2D eigenvalue weighted by Crippen LogP contribution is -2.26. The van der Waals surface area contributed by atoms with Crippen molar-refractivity contribution in [2.24, 2.45) is 0 Å². The van der Waals surface area contributed by atoms with Crippen molar-refractivity contribution in [3.05, 3.63) is 65.2 Å². The molecule has 0 saturated heterocycles. The maximum atomic E-state index is 12.3.